The zero-order chi connectivity index (χ0) is 13.8. The van der Waals surface area contributed by atoms with E-state index < -0.39 is 0 Å². The molecule has 1 atom stereocenters. The van der Waals surface area contributed by atoms with Crippen LogP contribution >= 0.6 is 0 Å². The highest BCUT2D eigenvalue weighted by molar-refractivity contribution is 5.46. The molecular weight excluding hydrogens is 241 g/mol. The molecule has 0 aliphatic rings. The van der Waals surface area contributed by atoms with Crippen LogP contribution in [0.15, 0.2) is 48.5 Å². The van der Waals surface area contributed by atoms with Crippen molar-refractivity contribution in [3.8, 4) is 5.75 Å². The van der Waals surface area contributed by atoms with Crippen molar-refractivity contribution in [2.75, 3.05) is 11.9 Å². The molecule has 2 rings (SSSR count). The molecule has 0 heterocycles. The molecule has 0 spiro atoms. The van der Waals surface area contributed by atoms with E-state index in [1.165, 1.54) is 17.7 Å². The molecule has 0 fully saturated rings. The molecule has 0 radical (unpaired) electrons. The summed E-state index contributed by atoms with van der Waals surface area (Å²) >= 11 is 0. The van der Waals surface area contributed by atoms with Crippen molar-refractivity contribution in [2.24, 2.45) is 0 Å². The van der Waals surface area contributed by atoms with E-state index in [1.807, 2.05) is 19.2 Å². The fourth-order valence-electron chi connectivity index (χ4n) is 2.04. The highest BCUT2D eigenvalue weighted by Gasteiger charge is 2.10. The van der Waals surface area contributed by atoms with E-state index in [9.17, 15) is 9.50 Å². The van der Waals surface area contributed by atoms with Gasteiger partial charge in [0, 0.05) is 18.8 Å². The largest absolute Gasteiger partial charge is 0.508 e. The molecule has 2 aromatic rings. The van der Waals surface area contributed by atoms with Gasteiger partial charge in [0.25, 0.3) is 0 Å². The van der Waals surface area contributed by atoms with Crippen LogP contribution in [0.25, 0.3) is 0 Å². The number of phenolic OH excluding ortho intramolecular Hbond substituents is 1. The Hall–Kier alpha value is -2.03. The quantitative estimate of drug-likeness (QED) is 0.906. The maximum absolute atomic E-state index is 12.9. The van der Waals surface area contributed by atoms with Gasteiger partial charge in [-0.05, 0) is 55.3 Å². The number of benzene rings is 2. The van der Waals surface area contributed by atoms with Crippen LogP contribution in [0, 0.1) is 5.82 Å². The summed E-state index contributed by atoms with van der Waals surface area (Å²) in [6.45, 7) is 2.12. The van der Waals surface area contributed by atoms with E-state index in [4.69, 9.17) is 0 Å². The van der Waals surface area contributed by atoms with Crippen molar-refractivity contribution >= 4 is 5.69 Å². The van der Waals surface area contributed by atoms with Crippen LogP contribution in [-0.2, 0) is 6.42 Å². The molecule has 2 nitrogen and oxygen atoms in total. The zero-order valence-corrected chi connectivity index (χ0v) is 11.2. The Kier molecular flexibility index (Phi) is 4.05. The molecule has 19 heavy (non-hydrogen) atoms. The second-order valence-corrected chi connectivity index (χ2v) is 4.81. The molecule has 3 heteroatoms. The standard InChI is InChI=1S/C16H18FNO/c1-12(11-13-3-9-16(19)10-4-13)18(2)15-7-5-14(17)6-8-15/h3-10,12,19H,11H2,1-2H3. The van der Waals surface area contributed by atoms with Crippen molar-refractivity contribution in [3.63, 3.8) is 0 Å². The molecule has 1 N–H and O–H groups in total. The Morgan fingerprint density at radius 1 is 1.05 bits per heavy atom. The Morgan fingerprint density at radius 2 is 1.63 bits per heavy atom. The number of phenols is 1. The van der Waals surface area contributed by atoms with Gasteiger partial charge in [0.2, 0.25) is 0 Å². The SMILES string of the molecule is CC(Cc1ccc(O)cc1)N(C)c1ccc(F)cc1. The summed E-state index contributed by atoms with van der Waals surface area (Å²) in [7, 11) is 2.00. The van der Waals surface area contributed by atoms with Gasteiger partial charge in [0.05, 0.1) is 0 Å². The number of anilines is 1. The fraction of sp³-hybridized carbons (Fsp3) is 0.250. The summed E-state index contributed by atoms with van der Waals surface area (Å²) in [6, 6.07) is 14.0. The summed E-state index contributed by atoms with van der Waals surface area (Å²) in [5, 5.41) is 9.26. The monoisotopic (exact) mass is 259 g/mol. The molecule has 0 bridgehead atoms. The maximum atomic E-state index is 12.9. The van der Waals surface area contributed by atoms with E-state index in [1.54, 1.807) is 24.3 Å². The van der Waals surface area contributed by atoms with Crippen LogP contribution < -0.4 is 4.90 Å². The summed E-state index contributed by atoms with van der Waals surface area (Å²) in [6.07, 6.45) is 0.869. The number of hydrogen-bond donors (Lipinski definition) is 1. The van der Waals surface area contributed by atoms with E-state index >= 15 is 0 Å². The number of nitrogens with zero attached hydrogens (tertiary/aromatic N) is 1. The second kappa shape index (κ2) is 5.74. The van der Waals surface area contributed by atoms with Crippen molar-refractivity contribution in [2.45, 2.75) is 19.4 Å². The van der Waals surface area contributed by atoms with Crippen molar-refractivity contribution in [3.05, 3.63) is 59.9 Å². The van der Waals surface area contributed by atoms with Gasteiger partial charge in [-0.25, -0.2) is 4.39 Å². The van der Waals surface area contributed by atoms with E-state index in [0.29, 0.717) is 0 Å². The first-order valence-electron chi connectivity index (χ1n) is 6.32. The predicted octanol–water partition coefficient (Wildman–Crippen LogP) is 3.60. The van der Waals surface area contributed by atoms with Crippen LogP contribution in [0.4, 0.5) is 10.1 Å². The molecule has 0 saturated heterocycles. The Bertz CT molecular complexity index is 521. The average Bonchev–Trinajstić information content (AvgIpc) is 2.41. The molecule has 0 saturated carbocycles. The first kappa shape index (κ1) is 13.4. The topological polar surface area (TPSA) is 23.5 Å². The molecular formula is C16H18FNO. The third-order valence-corrected chi connectivity index (χ3v) is 3.36. The maximum Gasteiger partial charge on any atom is 0.123 e. The molecule has 0 aromatic heterocycles. The molecule has 2 aromatic carbocycles. The third-order valence-electron chi connectivity index (χ3n) is 3.36. The number of hydrogen-bond acceptors (Lipinski definition) is 2. The molecule has 0 aliphatic heterocycles. The second-order valence-electron chi connectivity index (χ2n) is 4.81. The first-order chi connectivity index (χ1) is 9.06. The lowest BCUT2D eigenvalue weighted by molar-refractivity contribution is 0.475. The fourth-order valence-corrected chi connectivity index (χ4v) is 2.04. The van der Waals surface area contributed by atoms with Gasteiger partial charge < -0.3 is 10.0 Å². The van der Waals surface area contributed by atoms with Gasteiger partial charge in [-0.1, -0.05) is 12.1 Å². The third kappa shape index (κ3) is 3.47. The van der Waals surface area contributed by atoms with E-state index in [0.717, 1.165) is 12.1 Å². The first-order valence-corrected chi connectivity index (χ1v) is 6.32. The molecule has 1 unspecified atom stereocenters. The highest BCUT2D eigenvalue weighted by Crippen LogP contribution is 2.19. The number of aromatic hydroxyl groups is 1. The van der Waals surface area contributed by atoms with Gasteiger partial charge in [0.15, 0.2) is 0 Å². The van der Waals surface area contributed by atoms with Crippen LogP contribution in [-0.4, -0.2) is 18.2 Å². The number of rotatable bonds is 4. The van der Waals surface area contributed by atoms with Crippen LogP contribution in [0.1, 0.15) is 12.5 Å². The summed E-state index contributed by atoms with van der Waals surface area (Å²) in [4.78, 5) is 2.12. The normalized spacial score (nSPS) is 12.2. The van der Waals surface area contributed by atoms with Crippen molar-refractivity contribution in [1.29, 1.82) is 0 Å². The van der Waals surface area contributed by atoms with Gasteiger partial charge in [0.1, 0.15) is 11.6 Å². The zero-order valence-electron chi connectivity index (χ0n) is 11.2. The lowest BCUT2D eigenvalue weighted by Gasteiger charge is -2.27. The molecule has 0 amide bonds. The summed E-state index contributed by atoms with van der Waals surface area (Å²) in [5.74, 6) is 0.0617. The summed E-state index contributed by atoms with van der Waals surface area (Å²) in [5.41, 5.74) is 2.16. The van der Waals surface area contributed by atoms with Crippen LogP contribution in [0.5, 0.6) is 5.75 Å². The average molecular weight is 259 g/mol. The molecule has 0 aliphatic carbocycles. The smallest absolute Gasteiger partial charge is 0.123 e. The van der Waals surface area contributed by atoms with Gasteiger partial charge in [-0.2, -0.15) is 0 Å². The van der Waals surface area contributed by atoms with E-state index in [2.05, 4.69) is 11.8 Å². The lowest BCUT2D eigenvalue weighted by Crippen LogP contribution is -2.30. The van der Waals surface area contributed by atoms with Gasteiger partial charge in [-0.15, -0.1) is 0 Å². The number of halogens is 1. The number of likely N-dealkylation sites (N-methyl/N-ethyl adjacent to an activating group) is 1. The minimum atomic E-state index is -0.219. The Labute approximate surface area is 113 Å². The van der Waals surface area contributed by atoms with Gasteiger partial charge >= 0.3 is 0 Å². The van der Waals surface area contributed by atoms with Gasteiger partial charge in [-0.3, -0.25) is 0 Å². The summed E-state index contributed by atoms with van der Waals surface area (Å²) < 4.78 is 12.9. The predicted molar refractivity (Wildman–Crippen MR) is 76.1 cm³/mol. The Morgan fingerprint density at radius 3 is 2.21 bits per heavy atom. The van der Waals surface area contributed by atoms with Crippen LogP contribution in [0.2, 0.25) is 0 Å². The minimum absolute atomic E-state index is 0.219. The molecule has 100 valence electrons. The van der Waals surface area contributed by atoms with E-state index in [-0.39, 0.29) is 17.6 Å². The minimum Gasteiger partial charge on any atom is -0.508 e. The lowest BCUT2D eigenvalue weighted by atomic mass is 10.1. The van der Waals surface area contributed by atoms with Crippen molar-refractivity contribution < 1.29 is 9.50 Å². The Balaban J connectivity index is 2.04. The van der Waals surface area contributed by atoms with Crippen molar-refractivity contribution in [1.82, 2.24) is 0 Å². The highest BCUT2D eigenvalue weighted by atomic mass is 19.1. The van der Waals surface area contributed by atoms with Crippen LogP contribution in [0.3, 0.4) is 0 Å².